The number of hydrogen-bond acceptors (Lipinski definition) is 5. The molecule has 0 spiro atoms. The second-order valence-corrected chi connectivity index (χ2v) is 5.14. The lowest BCUT2D eigenvalue weighted by molar-refractivity contribution is -0.00586. The van der Waals surface area contributed by atoms with E-state index in [1.165, 1.54) is 5.56 Å². The summed E-state index contributed by atoms with van der Waals surface area (Å²) in [4.78, 5) is 5.50. The first-order valence-corrected chi connectivity index (χ1v) is 6.36. The van der Waals surface area contributed by atoms with Crippen LogP contribution in [0.1, 0.15) is 30.3 Å². The van der Waals surface area contributed by atoms with E-state index in [0.29, 0.717) is 0 Å². The van der Waals surface area contributed by atoms with Crippen molar-refractivity contribution in [2.45, 2.75) is 25.2 Å². The zero-order valence-electron chi connectivity index (χ0n) is 11.0. The molecule has 100 valence electrons. The van der Waals surface area contributed by atoms with E-state index in [1.807, 2.05) is 19.1 Å². The lowest BCUT2D eigenvalue weighted by Gasteiger charge is -2.23. The molecule has 0 saturated carbocycles. The number of nitrogens with zero attached hydrogens (tertiary/aromatic N) is 1. The van der Waals surface area contributed by atoms with Crippen molar-refractivity contribution in [3.8, 4) is 11.5 Å². The number of hydrogen-bond donors (Lipinski definition) is 0. The van der Waals surface area contributed by atoms with Gasteiger partial charge in [-0.05, 0) is 30.2 Å². The van der Waals surface area contributed by atoms with Gasteiger partial charge in [-0.1, -0.05) is 5.16 Å². The van der Waals surface area contributed by atoms with Gasteiger partial charge in [0.05, 0.1) is 32.0 Å². The van der Waals surface area contributed by atoms with Gasteiger partial charge in [0, 0.05) is 0 Å². The number of ether oxygens (including phenoxy) is 3. The average Bonchev–Trinajstić information content (AvgIpc) is 3.08. The normalized spacial score (nSPS) is 33.5. The molecule has 3 aliphatic rings. The van der Waals surface area contributed by atoms with Crippen LogP contribution in [0.5, 0.6) is 11.5 Å². The molecule has 4 unspecified atom stereocenters. The topological polar surface area (TPSA) is 49.3 Å². The quantitative estimate of drug-likeness (QED) is 0.819. The van der Waals surface area contributed by atoms with Crippen LogP contribution in [0.4, 0.5) is 0 Å². The van der Waals surface area contributed by atoms with Gasteiger partial charge in [-0.15, -0.1) is 0 Å². The number of oxime groups is 1. The zero-order chi connectivity index (χ0) is 13.1. The molecule has 1 fully saturated rings. The van der Waals surface area contributed by atoms with Gasteiger partial charge in [-0.25, -0.2) is 0 Å². The van der Waals surface area contributed by atoms with Crippen LogP contribution in [0.25, 0.3) is 0 Å². The summed E-state index contributed by atoms with van der Waals surface area (Å²) in [6, 6.07) is 4.01. The molecule has 1 aromatic carbocycles. The number of rotatable bonds is 2. The molecule has 5 nitrogen and oxygen atoms in total. The van der Waals surface area contributed by atoms with E-state index in [1.54, 1.807) is 14.2 Å². The highest BCUT2D eigenvalue weighted by molar-refractivity contribution is 5.87. The summed E-state index contributed by atoms with van der Waals surface area (Å²) in [5.41, 5.74) is 3.32. The molecule has 0 N–H and O–H groups in total. The van der Waals surface area contributed by atoms with Gasteiger partial charge >= 0.3 is 0 Å². The van der Waals surface area contributed by atoms with E-state index in [4.69, 9.17) is 19.0 Å². The monoisotopic (exact) mass is 261 g/mol. The highest BCUT2D eigenvalue weighted by Gasteiger charge is 2.58. The van der Waals surface area contributed by atoms with Gasteiger partial charge in [0.25, 0.3) is 0 Å². The number of benzene rings is 1. The van der Waals surface area contributed by atoms with Crippen molar-refractivity contribution in [3.63, 3.8) is 0 Å². The third-order valence-electron chi connectivity index (χ3n) is 4.27. The molecule has 3 heterocycles. The Morgan fingerprint density at radius 2 is 1.68 bits per heavy atom. The number of methoxy groups -OCH3 is 2. The molecular weight excluding hydrogens is 246 g/mol. The molecule has 2 bridgehead atoms. The minimum Gasteiger partial charge on any atom is -0.493 e. The molecule has 0 aromatic heterocycles. The van der Waals surface area contributed by atoms with Crippen molar-refractivity contribution in [2.24, 2.45) is 11.1 Å². The fourth-order valence-electron chi connectivity index (χ4n) is 3.38. The molecular formula is C14H15NO4. The minimum atomic E-state index is -0.0500. The molecule has 0 amide bonds. The molecule has 19 heavy (non-hydrogen) atoms. The van der Waals surface area contributed by atoms with Crippen LogP contribution in [-0.2, 0) is 9.57 Å². The molecule has 4 rings (SSSR count). The van der Waals surface area contributed by atoms with Crippen LogP contribution in [0.15, 0.2) is 17.3 Å². The lowest BCUT2D eigenvalue weighted by atomic mass is 9.80. The Morgan fingerprint density at radius 1 is 1.05 bits per heavy atom. The smallest absolute Gasteiger partial charge is 0.168 e. The van der Waals surface area contributed by atoms with Gasteiger partial charge in [-0.3, -0.25) is 0 Å². The zero-order valence-corrected chi connectivity index (χ0v) is 11.0. The van der Waals surface area contributed by atoms with E-state index in [2.05, 4.69) is 5.16 Å². The van der Waals surface area contributed by atoms with E-state index in [0.717, 1.165) is 22.8 Å². The van der Waals surface area contributed by atoms with Gasteiger partial charge < -0.3 is 19.0 Å². The van der Waals surface area contributed by atoms with Gasteiger partial charge in [0.15, 0.2) is 17.6 Å². The van der Waals surface area contributed by atoms with Crippen LogP contribution in [-0.4, -0.2) is 26.0 Å². The van der Waals surface area contributed by atoms with Crippen LogP contribution in [0, 0.1) is 5.92 Å². The van der Waals surface area contributed by atoms with Crippen LogP contribution < -0.4 is 9.47 Å². The molecule has 3 aliphatic heterocycles. The summed E-state index contributed by atoms with van der Waals surface area (Å²) in [6.45, 7) is 2.00. The fraction of sp³-hybridized carbons (Fsp3) is 0.500. The second-order valence-electron chi connectivity index (χ2n) is 5.14. The fourth-order valence-corrected chi connectivity index (χ4v) is 3.38. The first kappa shape index (κ1) is 11.1. The standard InChI is InChI=1S/C14H15NO4/c1-6-11-12-7-4-9(16-2)10(17-3)5-8(7)13(18-12)14(11)19-15-6/h4-5,11-14H,1-3H3. The predicted octanol–water partition coefficient (Wildman–Crippen LogP) is 2.22. The SMILES string of the molecule is COc1cc2c(cc1OC)C1OC2C2ON=C(C)C12. The maximum atomic E-state index is 6.06. The van der Waals surface area contributed by atoms with Gasteiger partial charge in [-0.2, -0.15) is 0 Å². The first-order chi connectivity index (χ1) is 9.24. The Labute approximate surface area is 111 Å². The lowest BCUT2D eigenvalue weighted by Crippen LogP contribution is -2.27. The maximum Gasteiger partial charge on any atom is 0.168 e. The molecule has 1 aromatic rings. The maximum absolute atomic E-state index is 6.06. The number of fused-ring (bicyclic) bond motifs is 8. The second kappa shape index (κ2) is 3.63. The van der Waals surface area contributed by atoms with Crippen LogP contribution in [0.2, 0.25) is 0 Å². The van der Waals surface area contributed by atoms with E-state index in [9.17, 15) is 0 Å². The highest BCUT2D eigenvalue weighted by atomic mass is 16.7. The average molecular weight is 261 g/mol. The van der Waals surface area contributed by atoms with Gasteiger partial charge in [0.2, 0.25) is 0 Å². The molecule has 0 aliphatic carbocycles. The Balaban J connectivity index is 1.84. The van der Waals surface area contributed by atoms with Crippen molar-refractivity contribution in [2.75, 3.05) is 14.2 Å². The van der Waals surface area contributed by atoms with Crippen molar-refractivity contribution < 1.29 is 19.0 Å². The Bertz CT molecular complexity index is 583. The summed E-state index contributed by atoms with van der Waals surface area (Å²) in [6.07, 6.45) is -0.0161. The summed E-state index contributed by atoms with van der Waals surface area (Å²) >= 11 is 0. The van der Waals surface area contributed by atoms with E-state index < -0.39 is 0 Å². The van der Waals surface area contributed by atoms with Crippen LogP contribution >= 0.6 is 0 Å². The Kier molecular flexibility index (Phi) is 2.12. The first-order valence-electron chi connectivity index (χ1n) is 6.36. The summed E-state index contributed by atoms with van der Waals surface area (Å²) in [5, 5.41) is 4.10. The minimum absolute atomic E-state index is 0.00982. The third-order valence-corrected chi connectivity index (χ3v) is 4.27. The largest absolute Gasteiger partial charge is 0.493 e. The molecule has 1 saturated heterocycles. The van der Waals surface area contributed by atoms with E-state index in [-0.39, 0.29) is 24.2 Å². The third kappa shape index (κ3) is 1.26. The Hall–Kier alpha value is -1.75. The van der Waals surface area contributed by atoms with Crippen molar-refractivity contribution in [1.82, 2.24) is 0 Å². The Morgan fingerprint density at radius 3 is 2.32 bits per heavy atom. The molecule has 4 atom stereocenters. The van der Waals surface area contributed by atoms with Crippen molar-refractivity contribution in [3.05, 3.63) is 23.3 Å². The van der Waals surface area contributed by atoms with Gasteiger partial charge in [0.1, 0.15) is 6.10 Å². The predicted molar refractivity (Wildman–Crippen MR) is 67.6 cm³/mol. The van der Waals surface area contributed by atoms with Crippen molar-refractivity contribution in [1.29, 1.82) is 0 Å². The molecule has 0 radical (unpaired) electrons. The highest BCUT2D eigenvalue weighted by Crippen LogP contribution is 2.58. The van der Waals surface area contributed by atoms with Crippen molar-refractivity contribution >= 4 is 5.71 Å². The molecule has 5 heteroatoms. The summed E-state index contributed by atoms with van der Waals surface area (Å²) < 4.78 is 16.8. The summed E-state index contributed by atoms with van der Waals surface area (Å²) in [5.74, 6) is 1.70. The summed E-state index contributed by atoms with van der Waals surface area (Å²) in [7, 11) is 3.28. The van der Waals surface area contributed by atoms with E-state index >= 15 is 0 Å². The van der Waals surface area contributed by atoms with Crippen LogP contribution in [0.3, 0.4) is 0 Å².